The second-order valence-electron chi connectivity index (χ2n) is 6.89. The van der Waals surface area contributed by atoms with Crippen molar-refractivity contribution in [1.82, 2.24) is 25.3 Å². The number of rotatable bonds is 6. The average Bonchev–Trinajstić information content (AvgIpc) is 3.14. The molecule has 0 saturated carbocycles. The summed E-state index contributed by atoms with van der Waals surface area (Å²) in [6.07, 6.45) is 4.11. The Balaban J connectivity index is 1.64. The number of nitrogens with one attached hydrogen (secondary N) is 2. The van der Waals surface area contributed by atoms with E-state index >= 15 is 0 Å². The highest BCUT2D eigenvalue weighted by Crippen LogP contribution is 2.25. The van der Waals surface area contributed by atoms with Crippen LogP contribution in [-0.2, 0) is 0 Å². The van der Waals surface area contributed by atoms with Crippen LogP contribution in [-0.4, -0.2) is 54.3 Å². The Bertz CT molecular complexity index is 739. The summed E-state index contributed by atoms with van der Waals surface area (Å²) in [6.45, 7) is 2.42. The number of piperidine rings is 1. The van der Waals surface area contributed by atoms with Crippen molar-refractivity contribution in [2.24, 2.45) is 0 Å². The van der Waals surface area contributed by atoms with Gasteiger partial charge in [0.15, 0.2) is 0 Å². The zero-order valence-corrected chi connectivity index (χ0v) is 16.0. The van der Waals surface area contributed by atoms with Gasteiger partial charge in [0.2, 0.25) is 0 Å². The van der Waals surface area contributed by atoms with Crippen LogP contribution in [0.3, 0.4) is 0 Å². The molecule has 1 saturated heterocycles. The first-order valence-electron chi connectivity index (χ1n) is 9.01. The van der Waals surface area contributed by atoms with Crippen molar-refractivity contribution in [2.45, 2.75) is 24.9 Å². The van der Waals surface area contributed by atoms with E-state index in [1.54, 1.807) is 6.07 Å². The van der Waals surface area contributed by atoms with Crippen molar-refractivity contribution < 1.29 is 4.79 Å². The highest BCUT2D eigenvalue weighted by molar-refractivity contribution is 6.31. The van der Waals surface area contributed by atoms with Gasteiger partial charge in [0, 0.05) is 24.3 Å². The molecular formula is C19H26ClN5O. The molecule has 1 aliphatic heterocycles. The molecule has 3 rings (SSSR count). The molecule has 2 atom stereocenters. The van der Waals surface area contributed by atoms with Crippen molar-refractivity contribution in [3.63, 3.8) is 0 Å². The van der Waals surface area contributed by atoms with E-state index in [0.29, 0.717) is 23.3 Å². The third kappa shape index (κ3) is 4.44. The molecular weight excluding hydrogens is 350 g/mol. The van der Waals surface area contributed by atoms with Gasteiger partial charge in [-0.25, -0.2) is 0 Å². The number of likely N-dealkylation sites (N-methyl/N-ethyl adjacent to an activating group) is 1. The summed E-state index contributed by atoms with van der Waals surface area (Å²) in [5.41, 5.74) is 1.45. The maximum Gasteiger partial charge on any atom is 0.271 e. The van der Waals surface area contributed by atoms with Gasteiger partial charge in [0.1, 0.15) is 5.69 Å². The first-order valence-corrected chi connectivity index (χ1v) is 9.39. The van der Waals surface area contributed by atoms with Crippen LogP contribution >= 0.6 is 11.6 Å². The van der Waals surface area contributed by atoms with Crippen molar-refractivity contribution >= 4 is 17.5 Å². The van der Waals surface area contributed by atoms with Gasteiger partial charge in [-0.2, -0.15) is 5.10 Å². The quantitative estimate of drug-likeness (QED) is 0.814. The largest absolute Gasteiger partial charge is 0.349 e. The molecule has 2 unspecified atom stereocenters. The summed E-state index contributed by atoms with van der Waals surface area (Å²) in [5.74, 6) is -0.161. The highest BCUT2D eigenvalue weighted by Gasteiger charge is 2.20. The van der Waals surface area contributed by atoms with E-state index in [4.69, 9.17) is 11.6 Å². The van der Waals surface area contributed by atoms with E-state index in [-0.39, 0.29) is 11.9 Å². The van der Waals surface area contributed by atoms with Crippen molar-refractivity contribution in [2.75, 3.05) is 33.7 Å². The summed E-state index contributed by atoms with van der Waals surface area (Å²) in [4.78, 5) is 14.6. The highest BCUT2D eigenvalue weighted by atomic mass is 35.5. The second kappa shape index (κ2) is 8.66. The number of nitrogens with zero attached hydrogens (tertiary/aromatic N) is 3. The van der Waals surface area contributed by atoms with Crippen molar-refractivity contribution in [1.29, 1.82) is 0 Å². The maximum absolute atomic E-state index is 12.5. The third-order valence-electron chi connectivity index (χ3n) is 4.83. The normalized spacial score (nSPS) is 18.7. The van der Waals surface area contributed by atoms with Crippen LogP contribution < -0.4 is 10.6 Å². The summed E-state index contributed by atoms with van der Waals surface area (Å²) >= 11 is 6.32. The third-order valence-corrected chi connectivity index (χ3v) is 5.17. The van der Waals surface area contributed by atoms with Crippen molar-refractivity contribution in [3.8, 4) is 0 Å². The van der Waals surface area contributed by atoms with Gasteiger partial charge in [-0.05, 0) is 51.2 Å². The number of hydrogen-bond acceptors (Lipinski definition) is 4. The van der Waals surface area contributed by atoms with Crippen molar-refractivity contribution in [3.05, 3.63) is 52.8 Å². The molecule has 1 amide bonds. The molecule has 1 aromatic heterocycles. The van der Waals surface area contributed by atoms with Gasteiger partial charge in [-0.1, -0.05) is 29.8 Å². The zero-order chi connectivity index (χ0) is 18.5. The molecule has 2 heterocycles. The molecule has 0 radical (unpaired) electrons. The van der Waals surface area contributed by atoms with Gasteiger partial charge in [-0.3, -0.25) is 9.48 Å². The fourth-order valence-corrected chi connectivity index (χ4v) is 3.58. The Kier molecular flexibility index (Phi) is 6.29. The first-order chi connectivity index (χ1) is 12.6. The Morgan fingerprint density at radius 3 is 2.92 bits per heavy atom. The molecule has 26 heavy (non-hydrogen) atoms. The van der Waals surface area contributed by atoms with E-state index in [1.807, 2.05) is 54.1 Å². The van der Waals surface area contributed by atoms with Crippen LogP contribution in [0, 0.1) is 0 Å². The van der Waals surface area contributed by atoms with Crippen LogP contribution in [0.1, 0.15) is 41.0 Å². The molecule has 140 valence electrons. The van der Waals surface area contributed by atoms with Gasteiger partial charge in [0.05, 0.1) is 12.1 Å². The molecule has 1 fully saturated rings. The fourth-order valence-electron chi connectivity index (χ4n) is 3.32. The topological polar surface area (TPSA) is 62.2 Å². The van der Waals surface area contributed by atoms with Gasteiger partial charge >= 0.3 is 0 Å². The Morgan fingerprint density at radius 1 is 1.42 bits per heavy atom. The molecule has 0 bridgehead atoms. The number of hydrogen-bond donors (Lipinski definition) is 2. The minimum Gasteiger partial charge on any atom is -0.349 e. The van der Waals surface area contributed by atoms with E-state index < -0.39 is 0 Å². The molecule has 2 aromatic rings. The Hall–Kier alpha value is -1.89. The first kappa shape index (κ1) is 18.9. The predicted molar refractivity (Wildman–Crippen MR) is 104 cm³/mol. The lowest BCUT2D eigenvalue weighted by Crippen LogP contribution is -2.35. The lowest BCUT2D eigenvalue weighted by atomic mass is 10.1. The van der Waals surface area contributed by atoms with Gasteiger partial charge in [0.25, 0.3) is 5.91 Å². The van der Waals surface area contributed by atoms with Crippen LogP contribution in [0.25, 0.3) is 0 Å². The number of amides is 1. The number of halogens is 1. The number of aromatic nitrogens is 2. The molecule has 1 aliphatic rings. The Morgan fingerprint density at radius 2 is 2.23 bits per heavy atom. The lowest BCUT2D eigenvalue weighted by Gasteiger charge is -2.25. The van der Waals surface area contributed by atoms with Gasteiger partial charge in [-0.15, -0.1) is 0 Å². The number of benzene rings is 1. The smallest absolute Gasteiger partial charge is 0.271 e. The predicted octanol–water partition coefficient (Wildman–Crippen LogP) is 2.49. The minimum absolute atomic E-state index is 0.00252. The molecule has 0 spiro atoms. The summed E-state index contributed by atoms with van der Waals surface area (Å²) in [6, 6.07) is 9.83. The van der Waals surface area contributed by atoms with Crippen LogP contribution in [0.2, 0.25) is 5.02 Å². The Labute approximate surface area is 159 Å². The molecule has 0 aliphatic carbocycles. The van der Waals surface area contributed by atoms with Crippen LogP contribution in [0.5, 0.6) is 0 Å². The van der Waals surface area contributed by atoms with E-state index in [2.05, 4.69) is 15.7 Å². The minimum atomic E-state index is -0.161. The van der Waals surface area contributed by atoms with E-state index in [1.165, 1.54) is 0 Å². The molecule has 7 heteroatoms. The summed E-state index contributed by atoms with van der Waals surface area (Å²) in [5, 5.41) is 11.5. The summed E-state index contributed by atoms with van der Waals surface area (Å²) in [7, 11) is 3.95. The van der Waals surface area contributed by atoms with Crippen LogP contribution in [0.15, 0.2) is 36.5 Å². The molecule has 1 aromatic carbocycles. The fraction of sp³-hybridized carbons (Fsp3) is 0.474. The number of carbonyl (C=O) groups excluding carboxylic acids is 1. The monoisotopic (exact) mass is 375 g/mol. The van der Waals surface area contributed by atoms with Crippen LogP contribution in [0.4, 0.5) is 0 Å². The molecule has 2 N–H and O–H groups in total. The lowest BCUT2D eigenvalue weighted by molar-refractivity contribution is 0.0935. The summed E-state index contributed by atoms with van der Waals surface area (Å²) < 4.78 is 1.90. The van der Waals surface area contributed by atoms with Gasteiger partial charge < -0.3 is 15.5 Å². The molecule has 6 nitrogen and oxygen atoms in total. The average molecular weight is 376 g/mol. The second-order valence-corrected chi connectivity index (χ2v) is 7.30. The number of carbonyl (C=O) groups is 1. The SMILES string of the molecule is CN(C)C(CNC(=O)c1ccn(C2CCCNC2)n1)c1ccccc1Cl. The maximum atomic E-state index is 12.5. The van der Waals surface area contributed by atoms with E-state index in [0.717, 1.165) is 31.5 Å². The zero-order valence-electron chi connectivity index (χ0n) is 15.3. The van der Waals surface area contributed by atoms with E-state index in [9.17, 15) is 4.79 Å². The standard InChI is InChI=1S/C19H26ClN5O/c1-24(2)18(15-7-3-4-8-16(15)20)13-22-19(26)17-9-11-25(23-17)14-6-5-10-21-12-14/h3-4,7-9,11,14,18,21H,5-6,10,12-13H2,1-2H3,(H,22,26).